The summed E-state index contributed by atoms with van der Waals surface area (Å²) in [6.45, 7) is 8.64. The predicted molar refractivity (Wildman–Crippen MR) is 114 cm³/mol. The summed E-state index contributed by atoms with van der Waals surface area (Å²) >= 11 is 0. The molecule has 1 atom stereocenters. The van der Waals surface area contributed by atoms with E-state index in [1.807, 2.05) is 0 Å². The molecule has 0 saturated carbocycles. The smallest absolute Gasteiger partial charge is 0.0874 e. The molecule has 1 fully saturated rings. The van der Waals surface area contributed by atoms with Crippen LogP contribution in [-0.4, -0.2) is 37.7 Å². The topological polar surface area (TPSA) is 36.3 Å². The van der Waals surface area contributed by atoms with Crippen molar-refractivity contribution >= 4 is 23.2 Å². The highest BCUT2D eigenvalue weighted by atomic mass is 35.5. The molecule has 1 heterocycles. The third-order valence-electron chi connectivity index (χ3n) is 5.34. The van der Waals surface area contributed by atoms with Crippen molar-refractivity contribution in [2.24, 2.45) is 0 Å². The second kappa shape index (κ2) is 9.90. The van der Waals surface area contributed by atoms with Crippen LogP contribution in [0.25, 0.3) is 10.8 Å². The van der Waals surface area contributed by atoms with Crippen molar-refractivity contribution in [2.75, 3.05) is 32.8 Å². The molecule has 4 heteroatoms. The molecule has 0 bridgehead atoms. The van der Waals surface area contributed by atoms with Gasteiger partial charge in [-0.1, -0.05) is 54.1 Å². The number of nitrogens with zero attached hydrogens (tertiary/aromatic N) is 2. The van der Waals surface area contributed by atoms with Crippen molar-refractivity contribution in [3.63, 3.8) is 0 Å². The molecule has 0 radical (unpaired) electrons. The Hall–Kier alpha value is -1.86. The fourth-order valence-electron chi connectivity index (χ4n) is 3.70. The quantitative estimate of drug-likeness (QED) is 0.650. The first-order valence-corrected chi connectivity index (χ1v) is 9.48. The summed E-state index contributed by atoms with van der Waals surface area (Å²) in [7, 11) is 0. The van der Waals surface area contributed by atoms with E-state index in [0.29, 0.717) is 0 Å². The van der Waals surface area contributed by atoms with Crippen LogP contribution in [0.5, 0.6) is 0 Å². The van der Waals surface area contributed by atoms with Gasteiger partial charge in [-0.3, -0.25) is 4.90 Å². The van der Waals surface area contributed by atoms with E-state index in [1.165, 1.54) is 16.3 Å². The zero-order valence-corrected chi connectivity index (χ0v) is 17.1. The van der Waals surface area contributed by atoms with E-state index < -0.39 is 5.41 Å². The maximum absolute atomic E-state index is 10.3. The second-order valence-electron chi connectivity index (χ2n) is 7.41. The van der Waals surface area contributed by atoms with Gasteiger partial charge in [-0.2, -0.15) is 5.26 Å². The highest BCUT2D eigenvalue weighted by Crippen LogP contribution is 2.37. The highest BCUT2D eigenvalue weighted by Gasteiger charge is 2.33. The van der Waals surface area contributed by atoms with E-state index >= 15 is 0 Å². The molecule has 3 rings (SSSR count). The van der Waals surface area contributed by atoms with Crippen molar-refractivity contribution in [3.05, 3.63) is 59.7 Å². The van der Waals surface area contributed by atoms with Gasteiger partial charge in [0.25, 0.3) is 0 Å². The number of allylic oxidation sites excluding steroid dienone is 2. The first-order valence-electron chi connectivity index (χ1n) is 9.48. The molecular weight excluding hydrogens is 356 g/mol. The number of hydrogen-bond donors (Lipinski definition) is 0. The lowest BCUT2D eigenvalue weighted by Gasteiger charge is -2.32. The molecule has 1 aliphatic heterocycles. The van der Waals surface area contributed by atoms with Crippen molar-refractivity contribution in [1.29, 1.82) is 5.26 Å². The van der Waals surface area contributed by atoms with Crippen LogP contribution in [0.15, 0.2) is 54.1 Å². The Bertz CT molecular complexity index is 811. The van der Waals surface area contributed by atoms with Crippen LogP contribution in [0, 0.1) is 11.3 Å². The zero-order chi connectivity index (χ0) is 18.4. The zero-order valence-electron chi connectivity index (χ0n) is 16.3. The minimum absolute atomic E-state index is 0. The Morgan fingerprint density at radius 2 is 1.85 bits per heavy atom. The second-order valence-corrected chi connectivity index (χ2v) is 7.41. The van der Waals surface area contributed by atoms with Crippen molar-refractivity contribution in [1.82, 2.24) is 4.90 Å². The highest BCUT2D eigenvalue weighted by molar-refractivity contribution is 5.87. The number of hydrogen-bond acceptors (Lipinski definition) is 3. The number of halogens is 1. The Balaban J connectivity index is 0.00000261. The average molecular weight is 385 g/mol. The first-order chi connectivity index (χ1) is 12.6. The van der Waals surface area contributed by atoms with Crippen LogP contribution in [-0.2, 0) is 10.2 Å². The van der Waals surface area contributed by atoms with E-state index in [4.69, 9.17) is 4.74 Å². The lowest BCUT2D eigenvalue weighted by Crippen LogP contribution is -2.39. The largest absolute Gasteiger partial charge is 0.379 e. The number of benzene rings is 2. The number of nitriles is 1. The van der Waals surface area contributed by atoms with Gasteiger partial charge in [0.1, 0.15) is 0 Å². The van der Waals surface area contributed by atoms with E-state index in [0.717, 1.165) is 51.3 Å². The molecule has 27 heavy (non-hydrogen) atoms. The summed E-state index contributed by atoms with van der Waals surface area (Å²) in [5.74, 6) is 0. The first kappa shape index (κ1) is 21.4. The average Bonchev–Trinajstić information content (AvgIpc) is 2.69. The summed E-state index contributed by atoms with van der Waals surface area (Å²) in [6, 6.07) is 17.5. The van der Waals surface area contributed by atoms with Crippen LogP contribution in [0.4, 0.5) is 0 Å². The van der Waals surface area contributed by atoms with E-state index in [1.54, 1.807) is 0 Å². The fraction of sp³-hybridized carbons (Fsp3) is 0.435. The van der Waals surface area contributed by atoms with Gasteiger partial charge in [-0.15, -0.1) is 12.4 Å². The van der Waals surface area contributed by atoms with Gasteiger partial charge < -0.3 is 4.74 Å². The van der Waals surface area contributed by atoms with Crippen LogP contribution in [0.2, 0.25) is 0 Å². The maximum Gasteiger partial charge on any atom is 0.0874 e. The van der Waals surface area contributed by atoms with E-state index in [-0.39, 0.29) is 12.4 Å². The molecule has 1 unspecified atom stereocenters. The maximum atomic E-state index is 10.3. The summed E-state index contributed by atoms with van der Waals surface area (Å²) in [5.41, 5.74) is 1.91. The molecule has 3 nitrogen and oxygen atoms in total. The number of fused-ring (bicyclic) bond motifs is 1. The van der Waals surface area contributed by atoms with Gasteiger partial charge in [0, 0.05) is 19.6 Å². The number of morpholine rings is 1. The molecule has 0 N–H and O–H groups in total. The predicted octanol–water partition coefficient (Wildman–Crippen LogP) is 5.10. The molecule has 0 amide bonds. The van der Waals surface area contributed by atoms with Crippen LogP contribution < -0.4 is 0 Å². The van der Waals surface area contributed by atoms with Gasteiger partial charge in [0.15, 0.2) is 0 Å². The minimum atomic E-state index is -0.504. The number of ether oxygens (including phenoxy) is 1. The molecule has 0 aromatic heterocycles. The SMILES string of the molecule is CC(C)=CCC(C#N)(CCN1CCOCC1)c1cccc2ccccc12.Cl. The normalized spacial score (nSPS) is 16.8. The Kier molecular flexibility index (Phi) is 7.86. The monoisotopic (exact) mass is 384 g/mol. The Morgan fingerprint density at radius 3 is 2.56 bits per heavy atom. The summed E-state index contributed by atoms with van der Waals surface area (Å²) in [6.07, 6.45) is 3.80. The van der Waals surface area contributed by atoms with Gasteiger partial charge in [-0.25, -0.2) is 0 Å². The van der Waals surface area contributed by atoms with Crippen LogP contribution in [0.3, 0.4) is 0 Å². The van der Waals surface area contributed by atoms with Gasteiger partial charge in [0.05, 0.1) is 24.7 Å². The van der Waals surface area contributed by atoms with Gasteiger partial charge >= 0.3 is 0 Å². The molecule has 0 aliphatic carbocycles. The van der Waals surface area contributed by atoms with Gasteiger partial charge in [0.2, 0.25) is 0 Å². The fourth-order valence-corrected chi connectivity index (χ4v) is 3.70. The van der Waals surface area contributed by atoms with Crippen molar-refractivity contribution < 1.29 is 4.74 Å². The lowest BCUT2D eigenvalue weighted by atomic mass is 9.74. The molecule has 1 aliphatic rings. The molecule has 1 saturated heterocycles. The number of rotatable bonds is 6. The van der Waals surface area contributed by atoms with Crippen molar-refractivity contribution in [2.45, 2.75) is 32.1 Å². The van der Waals surface area contributed by atoms with E-state index in [9.17, 15) is 5.26 Å². The standard InChI is InChI=1S/C23H28N2O.ClH/c1-19(2)10-11-23(18-24,12-13-25-14-16-26-17-15-25)22-9-5-7-20-6-3-4-8-21(20)22;/h3-10H,11-17H2,1-2H3;1H. The molecule has 2 aromatic carbocycles. The van der Waals surface area contributed by atoms with Gasteiger partial charge in [-0.05, 0) is 43.0 Å². The van der Waals surface area contributed by atoms with E-state index in [2.05, 4.69) is 73.4 Å². The third kappa shape index (κ3) is 5.11. The molecule has 2 aromatic rings. The minimum Gasteiger partial charge on any atom is -0.379 e. The molecule has 0 spiro atoms. The summed E-state index contributed by atoms with van der Waals surface area (Å²) < 4.78 is 5.46. The summed E-state index contributed by atoms with van der Waals surface area (Å²) in [5, 5.41) is 12.7. The molecular formula is C23H29ClN2O. The Morgan fingerprint density at radius 1 is 1.15 bits per heavy atom. The van der Waals surface area contributed by atoms with Crippen LogP contribution in [0.1, 0.15) is 32.3 Å². The lowest BCUT2D eigenvalue weighted by molar-refractivity contribution is 0.0355. The van der Waals surface area contributed by atoms with Crippen molar-refractivity contribution in [3.8, 4) is 6.07 Å². The summed E-state index contributed by atoms with van der Waals surface area (Å²) in [4.78, 5) is 2.42. The molecule has 144 valence electrons. The van der Waals surface area contributed by atoms with Crippen LogP contribution >= 0.6 is 12.4 Å². The third-order valence-corrected chi connectivity index (χ3v) is 5.34. The Labute approximate surface area is 169 Å².